The van der Waals surface area contributed by atoms with Gasteiger partial charge < -0.3 is 10.1 Å². The molecule has 0 aliphatic heterocycles. The zero-order valence-electron chi connectivity index (χ0n) is 19.8. The Bertz CT molecular complexity index is 1440. The zero-order valence-corrected chi connectivity index (χ0v) is 21.4. The second kappa shape index (κ2) is 10.3. The van der Waals surface area contributed by atoms with Gasteiger partial charge in [-0.05, 0) is 87.1 Å². The lowest BCUT2D eigenvalue weighted by Gasteiger charge is -2.14. The summed E-state index contributed by atoms with van der Waals surface area (Å²) in [5, 5.41) is 4.19. The van der Waals surface area contributed by atoms with Crippen LogP contribution in [0.25, 0.3) is 15.9 Å². The van der Waals surface area contributed by atoms with E-state index in [1.54, 1.807) is 15.9 Å². The molecule has 2 aromatic heterocycles. The van der Waals surface area contributed by atoms with E-state index in [1.165, 1.54) is 22.2 Å². The first-order valence-corrected chi connectivity index (χ1v) is 13.6. The first-order valence-electron chi connectivity index (χ1n) is 11.8. The normalized spacial score (nSPS) is 13.0. The molecule has 0 saturated carbocycles. The molecule has 2 heterocycles. The molecule has 4 aromatic rings. The van der Waals surface area contributed by atoms with Crippen LogP contribution in [0.4, 0.5) is 5.69 Å². The van der Waals surface area contributed by atoms with Gasteiger partial charge in [0.15, 0.2) is 5.16 Å². The number of nitrogens with zero attached hydrogens (tertiary/aromatic N) is 2. The van der Waals surface area contributed by atoms with E-state index in [2.05, 4.69) is 5.32 Å². The topological polar surface area (TPSA) is 73.2 Å². The molecule has 0 radical (unpaired) electrons. The van der Waals surface area contributed by atoms with Crippen molar-refractivity contribution in [2.45, 2.75) is 44.7 Å². The molecule has 1 amide bonds. The molecule has 5 rings (SSSR count). The average Bonchev–Trinajstić information content (AvgIpc) is 3.23. The number of hydrogen-bond acceptors (Lipinski definition) is 6. The van der Waals surface area contributed by atoms with Gasteiger partial charge in [0, 0.05) is 10.6 Å². The van der Waals surface area contributed by atoms with Crippen LogP contribution in [0.2, 0.25) is 0 Å². The third-order valence-electron chi connectivity index (χ3n) is 6.00. The van der Waals surface area contributed by atoms with E-state index in [0.29, 0.717) is 17.5 Å². The van der Waals surface area contributed by atoms with E-state index in [9.17, 15) is 9.59 Å². The number of amides is 1. The van der Waals surface area contributed by atoms with E-state index in [4.69, 9.17) is 9.72 Å². The smallest absolute Gasteiger partial charge is 0.267 e. The summed E-state index contributed by atoms with van der Waals surface area (Å²) in [7, 11) is 0. The fraction of sp³-hybridized carbons (Fsp3) is 0.296. The molecule has 180 valence electrons. The Labute approximate surface area is 212 Å². The van der Waals surface area contributed by atoms with Crippen LogP contribution in [-0.2, 0) is 17.6 Å². The van der Waals surface area contributed by atoms with E-state index >= 15 is 0 Å². The van der Waals surface area contributed by atoms with Crippen LogP contribution in [0.5, 0.6) is 5.75 Å². The summed E-state index contributed by atoms with van der Waals surface area (Å²) in [6.07, 6.45) is 4.19. The van der Waals surface area contributed by atoms with E-state index in [0.717, 1.165) is 52.9 Å². The second-order valence-electron chi connectivity index (χ2n) is 8.56. The van der Waals surface area contributed by atoms with Gasteiger partial charge in [-0.15, -0.1) is 11.3 Å². The molecular weight excluding hydrogens is 478 g/mol. The molecule has 1 aliphatic carbocycles. The monoisotopic (exact) mass is 505 g/mol. The minimum Gasteiger partial charge on any atom is -0.494 e. The summed E-state index contributed by atoms with van der Waals surface area (Å²) in [5.41, 5.74) is 3.65. The molecule has 0 fully saturated rings. The van der Waals surface area contributed by atoms with Gasteiger partial charge in [0.2, 0.25) is 5.91 Å². The predicted molar refractivity (Wildman–Crippen MR) is 144 cm³/mol. The molecule has 0 unspecified atom stereocenters. The minimum absolute atomic E-state index is 0.0468. The number of carbonyl (C=O) groups is 1. The summed E-state index contributed by atoms with van der Waals surface area (Å²) >= 11 is 2.91. The van der Waals surface area contributed by atoms with Gasteiger partial charge in [0.1, 0.15) is 10.6 Å². The number of fused-ring (bicyclic) bond motifs is 3. The fourth-order valence-electron chi connectivity index (χ4n) is 4.41. The summed E-state index contributed by atoms with van der Waals surface area (Å²) in [6.45, 7) is 4.53. The number of aromatic nitrogens is 2. The first kappa shape index (κ1) is 23.6. The minimum atomic E-state index is -0.158. The number of nitrogens with one attached hydrogen (secondary N) is 1. The third-order valence-corrected chi connectivity index (χ3v) is 8.12. The lowest BCUT2D eigenvalue weighted by Crippen LogP contribution is -2.23. The van der Waals surface area contributed by atoms with Crippen molar-refractivity contribution in [3.63, 3.8) is 0 Å². The Morgan fingerprint density at radius 3 is 2.74 bits per heavy atom. The molecule has 2 aromatic carbocycles. The van der Waals surface area contributed by atoms with Gasteiger partial charge in [-0.3, -0.25) is 14.2 Å². The SMILES string of the molecule is CCOc1ccc(NC(=O)CSc2nc3sc4c(c3c(=O)n2-c2cccc(C)c2)CCCC4)cc1. The number of thiophene rings is 1. The number of carbonyl (C=O) groups excluding carboxylic acids is 1. The molecule has 1 N–H and O–H groups in total. The summed E-state index contributed by atoms with van der Waals surface area (Å²) in [4.78, 5) is 33.5. The molecule has 0 saturated heterocycles. The maximum Gasteiger partial charge on any atom is 0.267 e. The molecule has 6 nitrogen and oxygen atoms in total. The summed E-state index contributed by atoms with van der Waals surface area (Å²) in [6, 6.07) is 15.1. The van der Waals surface area contributed by atoms with E-state index < -0.39 is 0 Å². The van der Waals surface area contributed by atoms with Crippen molar-refractivity contribution in [2.24, 2.45) is 0 Å². The Morgan fingerprint density at radius 2 is 1.97 bits per heavy atom. The van der Waals surface area contributed by atoms with Crippen molar-refractivity contribution >= 4 is 44.9 Å². The van der Waals surface area contributed by atoms with Crippen LogP contribution < -0.4 is 15.6 Å². The van der Waals surface area contributed by atoms with Crippen molar-refractivity contribution in [3.05, 3.63) is 74.9 Å². The van der Waals surface area contributed by atoms with Crippen LogP contribution in [0.3, 0.4) is 0 Å². The molecule has 1 aliphatic rings. The summed E-state index contributed by atoms with van der Waals surface area (Å²) < 4.78 is 7.13. The van der Waals surface area contributed by atoms with Crippen LogP contribution in [-0.4, -0.2) is 27.8 Å². The lowest BCUT2D eigenvalue weighted by molar-refractivity contribution is -0.113. The maximum absolute atomic E-state index is 13.8. The number of rotatable bonds is 7. The van der Waals surface area contributed by atoms with Crippen LogP contribution in [0, 0.1) is 6.92 Å². The number of benzene rings is 2. The highest BCUT2D eigenvalue weighted by Gasteiger charge is 2.23. The van der Waals surface area contributed by atoms with E-state index in [1.807, 2.05) is 62.4 Å². The summed E-state index contributed by atoms with van der Waals surface area (Å²) in [5.74, 6) is 0.746. The number of thioether (sulfide) groups is 1. The number of aryl methyl sites for hydroxylation is 3. The standard InChI is InChI=1S/C27H27N3O3S2/c1-3-33-20-13-11-18(12-14-20)28-23(31)16-34-27-29-25-24(21-9-4-5-10-22(21)35-25)26(32)30(27)19-8-6-7-17(2)15-19/h6-8,11-15H,3-5,9-10,16H2,1-2H3,(H,28,31). The van der Waals surface area contributed by atoms with Crippen LogP contribution >= 0.6 is 23.1 Å². The molecule has 0 atom stereocenters. The average molecular weight is 506 g/mol. The number of anilines is 1. The van der Waals surface area contributed by atoms with Gasteiger partial charge in [0.25, 0.3) is 5.56 Å². The Morgan fingerprint density at radius 1 is 1.17 bits per heavy atom. The molecular formula is C27H27N3O3S2. The van der Waals surface area contributed by atoms with Crippen molar-refractivity contribution in [2.75, 3.05) is 17.7 Å². The van der Waals surface area contributed by atoms with Crippen molar-refractivity contribution in [3.8, 4) is 11.4 Å². The van der Waals surface area contributed by atoms with Gasteiger partial charge >= 0.3 is 0 Å². The quantitative estimate of drug-likeness (QED) is 0.255. The molecule has 0 bridgehead atoms. The third kappa shape index (κ3) is 4.99. The van der Waals surface area contributed by atoms with Crippen LogP contribution in [0.15, 0.2) is 58.5 Å². The highest BCUT2D eigenvalue weighted by molar-refractivity contribution is 7.99. The zero-order chi connectivity index (χ0) is 24.4. The second-order valence-corrected chi connectivity index (χ2v) is 10.6. The molecule has 0 spiro atoms. The number of ether oxygens (including phenoxy) is 1. The Kier molecular flexibility index (Phi) is 6.92. The van der Waals surface area contributed by atoms with Crippen LogP contribution in [0.1, 0.15) is 35.8 Å². The fourth-order valence-corrected chi connectivity index (χ4v) is 6.52. The Balaban J connectivity index is 1.46. The van der Waals surface area contributed by atoms with Crippen molar-refractivity contribution in [1.82, 2.24) is 9.55 Å². The predicted octanol–water partition coefficient (Wildman–Crippen LogP) is 5.76. The van der Waals surface area contributed by atoms with Gasteiger partial charge in [-0.2, -0.15) is 0 Å². The molecule has 35 heavy (non-hydrogen) atoms. The maximum atomic E-state index is 13.8. The largest absolute Gasteiger partial charge is 0.494 e. The van der Waals surface area contributed by atoms with E-state index in [-0.39, 0.29) is 17.2 Å². The van der Waals surface area contributed by atoms with Gasteiger partial charge in [-0.1, -0.05) is 23.9 Å². The van der Waals surface area contributed by atoms with Crippen molar-refractivity contribution < 1.29 is 9.53 Å². The van der Waals surface area contributed by atoms with Gasteiger partial charge in [-0.25, -0.2) is 4.98 Å². The number of hydrogen-bond donors (Lipinski definition) is 1. The lowest BCUT2D eigenvalue weighted by atomic mass is 9.97. The molecule has 8 heteroatoms. The first-order chi connectivity index (χ1) is 17.0. The Hall–Kier alpha value is -3.10. The highest BCUT2D eigenvalue weighted by atomic mass is 32.2. The van der Waals surface area contributed by atoms with Crippen molar-refractivity contribution in [1.29, 1.82) is 0 Å². The highest BCUT2D eigenvalue weighted by Crippen LogP contribution is 2.35. The van der Waals surface area contributed by atoms with Gasteiger partial charge in [0.05, 0.1) is 23.4 Å².